The summed E-state index contributed by atoms with van der Waals surface area (Å²) in [5.41, 5.74) is 0.265. The fourth-order valence-corrected chi connectivity index (χ4v) is 2.08. The van der Waals surface area contributed by atoms with Gasteiger partial charge < -0.3 is 10.2 Å². The third-order valence-corrected chi connectivity index (χ3v) is 3.30. The number of halogens is 3. The van der Waals surface area contributed by atoms with Crippen LogP contribution in [0.5, 0.6) is 0 Å². The van der Waals surface area contributed by atoms with Crippen molar-refractivity contribution in [2.45, 2.75) is 12.2 Å². The SMILES string of the molecule is CN(C)C(CNc1ccc(C(F)(F)F)cn1)c1cnn(C)c1. The number of nitrogens with zero attached hydrogens (tertiary/aromatic N) is 4. The Balaban J connectivity index is 2.04. The monoisotopic (exact) mass is 313 g/mol. The predicted molar refractivity (Wildman–Crippen MR) is 77.4 cm³/mol. The fourth-order valence-electron chi connectivity index (χ4n) is 2.08. The quantitative estimate of drug-likeness (QED) is 0.921. The van der Waals surface area contributed by atoms with Crippen LogP contribution in [0.2, 0.25) is 0 Å². The van der Waals surface area contributed by atoms with E-state index in [2.05, 4.69) is 15.4 Å². The van der Waals surface area contributed by atoms with Crippen LogP contribution in [0.1, 0.15) is 17.2 Å². The van der Waals surface area contributed by atoms with Crippen LogP contribution >= 0.6 is 0 Å². The fraction of sp³-hybridized carbons (Fsp3) is 0.429. The number of alkyl halides is 3. The largest absolute Gasteiger partial charge is 0.417 e. The zero-order chi connectivity index (χ0) is 16.3. The first-order valence-corrected chi connectivity index (χ1v) is 6.69. The number of nitrogens with one attached hydrogen (secondary N) is 1. The number of hydrogen-bond donors (Lipinski definition) is 1. The third-order valence-electron chi connectivity index (χ3n) is 3.30. The zero-order valence-electron chi connectivity index (χ0n) is 12.6. The molecular weight excluding hydrogens is 295 g/mol. The van der Waals surface area contributed by atoms with Crippen molar-refractivity contribution in [1.82, 2.24) is 19.7 Å². The van der Waals surface area contributed by atoms with Gasteiger partial charge in [0.25, 0.3) is 0 Å². The Morgan fingerprint density at radius 1 is 1.27 bits per heavy atom. The van der Waals surface area contributed by atoms with Crippen LogP contribution in [0.15, 0.2) is 30.7 Å². The topological polar surface area (TPSA) is 46.0 Å². The molecule has 2 heterocycles. The number of likely N-dealkylation sites (N-methyl/N-ethyl adjacent to an activating group) is 1. The van der Waals surface area contributed by atoms with Gasteiger partial charge in [0, 0.05) is 31.5 Å². The Kier molecular flexibility index (Phi) is 4.70. The van der Waals surface area contributed by atoms with E-state index in [1.54, 1.807) is 10.9 Å². The van der Waals surface area contributed by atoms with Gasteiger partial charge in [-0.05, 0) is 26.2 Å². The highest BCUT2D eigenvalue weighted by molar-refractivity contribution is 5.36. The Hall–Kier alpha value is -2.09. The molecule has 1 N–H and O–H groups in total. The normalized spacial score (nSPS) is 13.4. The molecule has 0 aliphatic heterocycles. The van der Waals surface area contributed by atoms with Crippen molar-refractivity contribution in [3.8, 4) is 0 Å². The van der Waals surface area contributed by atoms with Crippen LogP contribution in [-0.4, -0.2) is 40.3 Å². The molecule has 0 saturated heterocycles. The summed E-state index contributed by atoms with van der Waals surface area (Å²) in [5, 5.41) is 7.19. The van der Waals surface area contributed by atoms with E-state index in [1.165, 1.54) is 6.07 Å². The highest BCUT2D eigenvalue weighted by atomic mass is 19.4. The van der Waals surface area contributed by atoms with Crippen molar-refractivity contribution >= 4 is 5.82 Å². The molecule has 0 aliphatic carbocycles. The molecule has 0 bridgehead atoms. The average Bonchev–Trinajstić information content (AvgIpc) is 2.84. The summed E-state index contributed by atoms with van der Waals surface area (Å²) in [6, 6.07) is 2.39. The molecule has 8 heteroatoms. The minimum Gasteiger partial charge on any atom is -0.368 e. The third kappa shape index (κ3) is 3.97. The van der Waals surface area contributed by atoms with Crippen LogP contribution < -0.4 is 5.32 Å². The molecule has 2 aromatic heterocycles. The lowest BCUT2D eigenvalue weighted by Crippen LogP contribution is -2.26. The molecule has 0 spiro atoms. The van der Waals surface area contributed by atoms with Crippen LogP contribution in [0.3, 0.4) is 0 Å². The molecule has 0 fully saturated rings. The lowest BCUT2D eigenvalue weighted by molar-refractivity contribution is -0.137. The average molecular weight is 313 g/mol. The van der Waals surface area contributed by atoms with Gasteiger partial charge in [-0.2, -0.15) is 18.3 Å². The summed E-state index contributed by atoms with van der Waals surface area (Å²) in [6.07, 6.45) is 0.142. The summed E-state index contributed by atoms with van der Waals surface area (Å²) in [4.78, 5) is 5.81. The van der Waals surface area contributed by atoms with Gasteiger partial charge in [0.1, 0.15) is 5.82 Å². The molecule has 0 radical (unpaired) electrons. The molecule has 0 aromatic carbocycles. The van der Waals surface area contributed by atoms with Crippen molar-refractivity contribution in [3.63, 3.8) is 0 Å². The molecule has 120 valence electrons. The lowest BCUT2D eigenvalue weighted by atomic mass is 10.1. The first kappa shape index (κ1) is 16.3. The first-order chi connectivity index (χ1) is 10.3. The van der Waals surface area contributed by atoms with Gasteiger partial charge >= 0.3 is 6.18 Å². The predicted octanol–water partition coefficient (Wildman–Crippen LogP) is 2.55. The maximum absolute atomic E-state index is 12.5. The van der Waals surface area contributed by atoms with E-state index in [-0.39, 0.29) is 6.04 Å². The Morgan fingerprint density at radius 3 is 2.45 bits per heavy atom. The Labute approximate surface area is 126 Å². The second kappa shape index (κ2) is 6.35. The summed E-state index contributed by atoms with van der Waals surface area (Å²) in [6.45, 7) is 0.511. The maximum atomic E-state index is 12.5. The number of anilines is 1. The molecule has 5 nitrogen and oxygen atoms in total. The lowest BCUT2D eigenvalue weighted by Gasteiger charge is -2.23. The molecule has 22 heavy (non-hydrogen) atoms. The molecule has 2 rings (SSSR count). The molecule has 1 atom stereocenters. The van der Waals surface area contributed by atoms with Gasteiger partial charge in [-0.3, -0.25) is 4.68 Å². The van der Waals surface area contributed by atoms with Crippen molar-refractivity contribution in [2.24, 2.45) is 7.05 Å². The van der Waals surface area contributed by atoms with Crippen molar-refractivity contribution in [1.29, 1.82) is 0 Å². The van der Waals surface area contributed by atoms with Crippen LogP contribution in [0, 0.1) is 0 Å². The van der Waals surface area contributed by atoms with Crippen LogP contribution in [0.25, 0.3) is 0 Å². The summed E-state index contributed by atoms with van der Waals surface area (Å²) in [5.74, 6) is 0.406. The smallest absolute Gasteiger partial charge is 0.368 e. The minimum absolute atomic E-state index is 0.0396. The van der Waals surface area contributed by atoms with Gasteiger partial charge in [-0.25, -0.2) is 4.98 Å². The second-order valence-electron chi connectivity index (χ2n) is 5.24. The van der Waals surface area contributed by atoms with Crippen molar-refractivity contribution < 1.29 is 13.2 Å². The number of aromatic nitrogens is 3. The van der Waals surface area contributed by atoms with E-state index in [0.717, 1.165) is 17.8 Å². The van der Waals surface area contributed by atoms with Gasteiger partial charge in [-0.15, -0.1) is 0 Å². The van der Waals surface area contributed by atoms with Crippen molar-refractivity contribution in [3.05, 3.63) is 41.9 Å². The summed E-state index contributed by atoms with van der Waals surface area (Å²) >= 11 is 0. The molecule has 0 amide bonds. The van der Waals surface area contributed by atoms with Crippen LogP contribution in [0.4, 0.5) is 19.0 Å². The number of rotatable bonds is 5. The highest BCUT2D eigenvalue weighted by Gasteiger charge is 2.30. The second-order valence-corrected chi connectivity index (χ2v) is 5.24. The van der Waals surface area contributed by atoms with Crippen LogP contribution in [-0.2, 0) is 13.2 Å². The Bertz CT molecular complexity index is 604. The van der Waals surface area contributed by atoms with Gasteiger partial charge in [-0.1, -0.05) is 0 Å². The molecule has 1 unspecified atom stereocenters. The molecule has 2 aromatic rings. The molecular formula is C14H18F3N5. The molecule has 0 aliphatic rings. The molecule has 0 saturated carbocycles. The first-order valence-electron chi connectivity index (χ1n) is 6.69. The van der Waals surface area contributed by atoms with E-state index >= 15 is 0 Å². The Morgan fingerprint density at radius 2 is 2.00 bits per heavy atom. The van der Waals surface area contributed by atoms with Gasteiger partial charge in [0.2, 0.25) is 0 Å². The summed E-state index contributed by atoms with van der Waals surface area (Å²) in [7, 11) is 5.69. The van der Waals surface area contributed by atoms with Gasteiger partial charge in [0.05, 0.1) is 17.8 Å². The number of pyridine rings is 1. The number of aryl methyl sites for hydroxylation is 1. The van der Waals surface area contributed by atoms with E-state index in [4.69, 9.17) is 0 Å². The van der Waals surface area contributed by atoms with Crippen molar-refractivity contribution in [2.75, 3.05) is 26.0 Å². The minimum atomic E-state index is -4.37. The maximum Gasteiger partial charge on any atom is 0.417 e. The summed E-state index contributed by atoms with van der Waals surface area (Å²) < 4.78 is 39.2. The van der Waals surface area contributed by atoms with E-state index in [0.29, 0.717) is 12.4 Å². The zero-order valence-corrected chi connectivity index (χ0v) is 12.6. The van der Waals surface area contributed by atoms with E-state index < -0.39 is 11.7 Å². The van der Waals surface area contributed by atoms with E-state index in [1.807, 2.05) is 32.2 Å². The van der Waals surface area contributed by atoms with E-state index in [9.17, 15) is 13.2 Å². The standard InChI is InChI=1S/C14H18F3N5/c1-21(2)12(10-6-20-22(3)9-10)8-19-13-5-4-11(7-18-13)14(15,16)17/h4-7,9,12H,8H2,1-3H3,(H,18,19). The highest BCUT2D eigenvalue weighted by Crippen LogP contribution is 2.29. The number of hydrogen-bond acceptors (Lipinski definition) is 4. The van der Waals surface area contributed by atoms with Gasteiger partial charge in [0.15, 0.2) is 0 Å².